The van der Waals surface area contributed by atoms with Crippen molar-refractivity contribution in [3.63, 3.8) is 0 Å². The van der Waals surface area contributed by atoms with Gasteiger partial charge in [0.15, 0.2) is 0 Å². The van der Waals surface area contributed by atoms with Crippen molar-refractivity contribution in [3.8, 4) is 0 Å². The van der Waals surface area contributed by atoms with Crippen LogP contribution in [0.4, 0.5) is 5.95 Å². The first kappa shape index (κ1) is 13.6. The molecule has 1 fully saturated rings. The standard InChI is InChI=1S/C10H16N4O2S2/c1-17-10(3-2-4-10)7-14-18(15,16)8-5-12-9(11)13-6-8/h5-6,14H,2-4,7H2,1H3,(H2,11,12,13). The van der Waals surface area contributed by atoms with Gasteiger partial charge >= 0.3 is 0 Å². The largest absolute Gasteiger partial charge is 0.368 e. The maximum atomic E-state index is 12.0. The minimum Gasteiger partial charge on any atom is -0.368 e. The second-order valence-corrected chi connectivity index (χ2v) is 7.38. The summed E-state index contributed by atoms with van der Waals surface area (Å²) in [5.41, 5.74) is 5.32. The Labute approximate surface area is 111 Å². The first-order valence-corrected chi connectivity index (χ1v) is 8.31. The number of nitrogens with two attached hydrogens (primary N) is 1. The molecule has 100 valence electrons. The van der Waals surface area contributed by atoms with Crippen LogP contribution >= 0.6 is 11.8 Å². The van der Waals surface area contributed by atoms with Crippen molar-refractivity contribution in [2.75, 3.05) is 18.5 Å². The van der Waals surface area contributed by atoms with Crippen molar-refractivity contribution in [1.82, 2.24) is 14.7 Å². The first-order chi connectivity index (χ1) is 8.47. The van der Waals surface area contributed by atoms with Crippen LogP contribution in [0.3, 0.4) is 0 Å². The van der Waals surface area contributed by atoms with E-state index >= 15 is 0 Å². The summed E-state index contributed by atoms with van der Waals surface area (Å²) < 4.78 is 26.7. The molecule has 0 saturated heterocycles. The monoisotopic (exact) mass is 288 g/mol. The van der Waals surface area contributed by atoms with Gasteiger partial charge in [-0.05, 0) is 19.1 Å². The molecule has 0 atom stereocenters. The Kier molecular flexibility index (Phi) is 3.79. The van der Waals surface area contributed by atoms with E-state index in [1.807, 2.05) is 6.26 Å². The zero-order valence-corrected chi connectivity index (χ0v) is 11.7. The number of aromatic nitrogens is 2. The van der Waals surface area contributed by atoms with Crippen LogP contribution in [-0.2, 0) is 10.0 Å². The number of sulfonamides is 1. The predicted molar refractivity (Wildman–Crippen MR) is 71.7 cm³/mol. The Bertz CT molecular complexity index is 506. The average Bonchev–Trinajstić information content (AvgIpc) is 2.29. The molecule has 2 rings (SSSR count). The molecule has 1 aromatic rings. The Morgan fingerprint density at radius 3 is 2.50 bits per heavy atom. The lowest BCUT2D eigenvalue weighted by atomic mass is 9.84. The fourth-order valence-corrected chi connectivity index (χ4v) is 3.82. The molecular formula is C10H16N4O2S2. The van der Waals surface area contributed by atoms with Crippen LogP contribution in [0.5, 0.6) is 0 Å². The summed E-state index contributed by atoms with van der Waals surface area (Å²) in [7, 11) is -3.54. The molecule has 18 heavy (non-hydrogen) atoms. The van der Waals surface area contributed by atoms with Crippen molar-refractivity contribution in [2.24, 2.45) is 0 Å². The summed E-state index contributed by atoms with van der Waals surface area (Å²) in [5.74, 6) is 0.0635. The highest BCUT2D eigenvalue weighted by Gasteiger charge is 2.37. The van der Waals surface area contributed by atoms with E-state index in [-0.39, 0.29) is 15.6 Å². The van der Waals surface area contributed by atoms with Gasteiger partial charge in [0.1, 0.15) is 4.90 Å². The topological polar surface area (TPSA) is 98.0 Å². The molecule has 1 aromatic heterocycles. The van der Waals surface area contributed by atoms with Gasteiger partial charge in [0.05, 0.1) is 12.4 Å². The predicted octanol–water partition coefficient (Wildman–Crippen LogP) is 0.623. The second-order valence-electron chi connectivity index (χ2n) is 4.34. The SMILES string of the molecule is CSC1(CNS(=O)(=O)c2cnc(N)nc2)CCC1. The first-order valence-electron chi connectivity index (χ1n) is 5.60. The third-order valence-electron chi connectivity index (χ3n) is 3.24. The number of nitrogens with one attached hydrogen (secondary N) is 1. The van der Waals surface area contributed by atoms with Crippen molar-refractivity contribution >= 4 is 27.7 Å². The van der Waals surface area contributed by atoms with Crippen molar-refractivity contribution in [1.29, 1.82) is 0 Å². The molecule has 1 heterocycles. The zero-order valence-electron chi connectivity index (χ0n) is 10.1. The maximum Gasteiger partial charge on any atom is 0.243 e. The average molecular weight is 288 g/mol. The van der Waals surface area contributed by atoms with Gasteiger partial charge in [0.25, 0.3) is 0 Å². The van der Waals surface area contributed by atoms with E-state index in [2.05, 4.69) is 14.7 Å². The van der Waals surface area contributed by atoms with Crippen LogP contribution in [0.25, 0.3) is 0 Å². The molecule has 0 aliphatic heterocycles. The van der Waals surface area contributed by atoms with Gasteiger partial charge in [-0.15, -0.1) is 0 Å². The Morgan fingerprint density at radius 1 is 1.44 bits per heavy atom. The lowest BCUT2D eigenvalue weighted by molar-refractivity contribution is 0.362. The number of rotatable bonds is 5. The molecule has 0 bridgehead atoms. The van der Waals surface area contributed by atoms with Gasteiger partial charge in [-0.25, -0.2) is 23.1 Å². The molecule has 0 unspecified atom stereocenters. The molecule has 0 radical (unpaired) electrons. The maximum absolute atomic E-state index is 12.0. The van der Waals surface area contributed by atoms with Crippen molar-refractivity contribution < 1.29 is 8.42 Å². The van der Waals surface area contributed by atoms with Crippen LogP contribution in [0.1, 0.15) is 19.3 Å². The fraction of sp³-hybridized carbons (Fsp3) is 0.600. The summed E-state index contributed by atoms with van der Waals surface area (Å²) in [6.45, 7) is 0.445. The normalized spacial score (nSPS) is 18.3. The molecule has 3 N–H and O–H groups in total. The van der Waals surface area contributed by atoms with E-state index in [1.54, 1.807) is 11.8 Å². The summed E-state index contributed by atoms with van der Waals surface area (Å²) in [5, 5.41) is 0. The zero-order chi connectivity index (χ0) is 13.2. The highest BCUT2D eigenvalue weighted by atomic mass is 32.2. The molecule has 1 aliphatic carbocycles. The highest BCUT2D eigenvalue weighted by Crippen LogP contribution is 2.42. The third kappa shape index (κ3) is 2.76. The van der Waals surface area contributed by atoms with Gasteiger partial charge < -0.3 is 5.73 Å². The van der Waals surface area contributed by atoms with E-state index in [0.717, 1.165) is 19.3 Å². The minimum atomic E-state index is -3.54. The molecule has 0 spiro atoms. The van der Waals surface area contributed by atoms with E-state index in [1.165, 1.54) is 12.4 Å². The van der Waals surface area contributed by atoms with E-state index in [0.29, 0.717) is 6.54 Å². The Hall–Kier alpha value is -0.860. The van der Waals surface area contributed by atoms with Crippen molar-refractivity contribution in [2.45, 2.75) is 28.9 Å². The molecular weight excluding hydrogens is 272 g/mol. The third-order valence-corrected chi connectivity index (χ3v) is 6.01. The number of hydrogen-bond donors (Lipinski definition) is 2. The Morgan fingerprint density at radius 2 is 2.06 bits per heavy atom. The molecule has 0 aromatic carbocycles. The van der Waals surface area contributed by atoms with Crippen LogP contribution in [0, 0.1) is 0 Å². The van der Waals surface area contributed by atoms with E-state index in [4.69, 9.17) is 5.73 Å². The molecule has 8 heteroatoms. The van der Waals surface area contributed by atoms with Gasteiger partial charge in [0, 0.05) is 11.3 Å². The van der Waals surface area contributed by atoms with Gasteiger partial charge in [-0.1, -0.05) is 6.42 Å². The molecule has 1 aliphatic rings. The van der Waals surface area contributed by atoms with Crippen LogP contribution in [-0.4, -0.2) is 35.9 Å². The van der Waals surface area contributed by atoms with Gasteiger partial charge in [0.2, 0.25) is 16.0 Å². The van der Waals surface area contributed by atoms with Crippen LogP contribution in [0.15, 0.2) is 17.3 Å². The van der Waals surface area contributed by atoms with Gasteiger partial charge in [-0.2, -0.15) is 11.8 Å². The molecule has 1 saturated carbocycles. The number of hydrogen-bond acceptors (Lipinski definition) is 6. The molecule has 6 nitrogen and oxygen atoms in total. The number of anilines is 1. The summed E-state index contributed by atoms with van der Waals surface area (Å²) in [6, 6.07) is 0. The number of thioether (sulfide) groups is 1. The smallest absolute Gasteiger partial charge is 0.243 e. The number of nitrogen functional groups attached to an aromatic ring is 1. The van der Waals surface area contributed by atoms with Gasteiger partial charge in [-0.3, -0.25) is 0 Å². The minimum absolute atomic E-state index is 0.0484. The highest BCUT2D eigenvalue weighted by molar-refractivity contribution is 8.00. The lowest BCUT2D eigenvalue weighted by Crippen LogP contribution is -2.45. The number of nitrogens with zero attached hydrogens (tertiary/aromatic N) is 2. The quantitative estimate of drug-likeness (QED) is 0.824. The second kappa shape index (κ2) is 5.02. The lowest BCUT2D eigenvalue weighted by Gasteiger charge is -2.40. The summed E-state index contributed by atoms with van der Waals surface area (Å²) in [4.78, 5) is 7.42. The summed E-state index contributed by atoms with van der Waals surface area (Å²) in [6.07, 6.45) is 7.71. The Balaban J connectivity index is 2.05. The summed E-state index contributed by atoms with van der Waals surface area (Å²) >= 11 is 1.72. The van der Waals surface area contributed by atoms with E-state index < -0.39 is 10.0 Å². The molecule has 0 amide bonds. The fourth-order valence-electron chi connectivity index (χ4n) is 1.80. The van der Waals surface area contributed by atoms with E-state index in [9.17, 15) is 8.42 Å². The van der Waals surface area contributed by atoms with Crippen molar-refractivity contribution in [3.05, 3.63) is 12.4 Å². The van der Waals surface area contributed by atoms with Crippen LogP contribution in [0.2, 0.25) is 0 Å². The van der Waals surface area contributed by atoms with Crippen LogP contribution < -0.4 is 10.5 Å².